The average Bonchev–Trinajstić information content (AvgIpc) is 2.37. The van der Waals surface area contributed by atoms with Crippen LogP contribution in [0.5, 0.6) is 0 Å². The Hall–Kier alpha value is -0.920. The number of hydrogen-bond donors (Lipinski definition) is 0. The van der Waals surface area contributed by atoms with Crippen LogP contribution >= 0.6 is 0 Å². The van der Waals surface area contributed by atoms with Gasteiger partial charge in [0.2, 0.25) is 0 Å². The van der Waals surface area contributed by atoms with Gasteiger partial charge in [-0.15, -0.1) is 24.7 Å². The lowest BCUT2D eigenvalue weighted by Gasteiger charge is -2.19. The second-order valence-corrected chi connectivity index (χ2v) is 4.08. The second kappa shape index (κ2) is 15.1. The minimum absolute atomic E-state index is 0. The van der Waals surface area contributed by atoms with E-state index in [-0.39, 0.29) is 2.85 Å². The summed E-state index contributed by atoms with van der Waals surface area (Å²) < 4.78 is 0. The number of rotatable bonds is 8. The van der Waals surface area contributed by atoms with E-state index in [1.807, 2.05) is 13.8 Å². The van der Waals surface area contributed by atoms with Gasteiger partial charge < -0.3 is 4.90 Å². The maximum atomic E-state index is 5.51. The lowest BCUT2D eigenvalue weighted by Crippen LogP contribution is -2.26. The molecule has 1 atom stereocenters. The minimum atomic E-state index is 0. The highest BCUT2D eigenvalue weighted by atomic mass is 15.1. The van der Waals surface area contributed by atoms with Crippen LogP contribution in [0.1, 0.15) is 55.7 Å². The summed E-state index contributed by atoms with van der Waals surface area (Å²) in [5, 5.41) is 0. The van der Waals surface area contributed by atoms with Crippen molar-refractivity contribution in [1.82, 2.24) is 4.90 Å². The van der Waals surface area contributed by atoms with Crippen LogP contribution in [0.25, 0.3) is 0 Å². The van der Waals surface area contributed by atoms with Crippen LogP contribution in [0.2, 0.25) is 0 Å². The zero-order chi connectivity index (χ0) is 13.5. The Morgan fingerprint density at radius 2 is 1.88 bits per heavy atom. The van der Waals surface area contributed by atoms with E-state index in [9.17, 15) is 0 Å². The van der Waals surface area contributed by atoms with Gasteiger partial charge in [0.1, 0.15) is 0 Å². The fourth-order valence-corrected chi connectivity index (χ4v) is 1.59. The van der Waals surface area contributed by atoms with Gasteiger partial charge in [-0.05, 0) is 13.5 Å². The molecule has 0 aliphatic rings. The first kappa shape index (κ1) is 18.4. The van der Waals surface area contributed by atoms with E-state index >= 15 is 0 Å². The van der Waals surface area contributed by atoms with Crippen LogP contribution in [-0.4, -0.2) is 25.0 Å². The zero-order valence-corrected chi connectivity index (χ0v) is 12.1. The van der Waals surface area contributed by atoms with E-state index in [0.29, 0.717) is 5.92 Å². The highest BCUT2D eigenvalue weighted by molar-refractivity contribution is 4.94. The predicted octanol–water partition coefficient (Wildman–Crippen LogP) is 4.29. The summed E-state index contributed by atoms with van der Waals surface area (Å²) in [6.45, 7) is 8.13. The topological polar surface area (TPSA) is 3.24 Å². The van der Waals surface area contributed by atoms with Crippen LogP contribution in [0.4, 0.5) is 0 Å². The fourth-order valence-electron chi connectivity index (χ4n) is 1.59. The summed E-state index contributed by atoms with van der Waals surface area (Å²) in [5.41, 5.74) is 0. The highest BCUT2D eigenvalue weighted by Gasteiger charge is 2.07. The Labute approximate surface area is 112 Å². The number of hydrogen-bond acceptors (Lipinski definition) is 1. The number of unbranched alkanes of at least 4 members (excludes halogenated alkanes) is 2. The molecule has 0 fully saturated rings. The molecule has 0 aromatic heterocycles. The van der Waals surface area contributed by atoms with Crippen LogP contribution < -0.4 is 0 Å². The molecule has 1 unspecified atom stereocenters. The van der Waals surface area contributed by atoms with E-state index in [2.05, 4.69) is 30.7 Å². The summed E-state index contributed by atoms with van der Waals surface area (Å²) >= 11 is 0. The molecular weight excluding hydrogens is 206 g/mol. The second-order valence-electron chi connectivity index (χ2n) is 4.08. The fraction of sp³-hybridized carbons (Fsp3) is 0.750. The van der Waals surface area contributed by atoms with Crippen molar-refractivity contribution in [3.05, 3.63) is 0 Å². The molecule has 0 spiro atoms. The Kier molecular flexibility index (Phi) is 16.4. The maximum absolute atomic E-state index is 5.51. The molecule has 17 heavy (non-hydrogen) atoms. The molecular formula is C16H33N. The lowest BCUT2D eigenvalue weighted by atomic mass is 10.0. The van der Waals surface area contributed by atoms with Gasteiger partial charge in [-0.2, -0.15) is 0 Å². The Bertz CT molecular complexity index is 228. The van der Waals surface area contributed by atoms with E-state index in [1.165, 1.54) is 19.3 Å². The first-order valence-electron chi connectivity index (χ1n) is 6.82. The zero-order valence-electron chi connectivity index (χ0n) is 12.1. The molecule has 0 radical (unpaired) electrons. The summed E-state index contributed by atoms with van der Waals surface area (Å²) in [6.07, 6.45) is 16.5. The van der Waals surface area contributed by atoms with Crippen molar-refractivity contribution in [3.8, 4) is 24.7 Å². The Morgan fingerprint density at radius 3 is 2.35 bits per heavy atom. The SMILES string of the molecule is C#CCCN(C)CC(C#C)CCCCC.CC.[HH].[HH]. The van der Waals surface area contributed by atoms with Crippen molar-refractivity contribution >= 4 is 0 Å². The van der Waals surface area contributed by atoms with Crippen molar-refractivity contribution in [2.75, 3.05) is 20.1 Å². The van der Waals surface area contributed by atoms with E-state index in [0.717, 1.165) is 25.9 Å². The number of terminal acetylenes is 2. The van der Waals surface area contributed by atoms with Crippen molar-refractivity contribution in [1.29, 1.82) is 0 Å². The van der Waals surface area contributed by atoms with Crippen LogP contribution in [0, 0.1) is 30.6 Å². The van der Waals surface area contributed by atoms with Crippen LogP contribution in [-0.2, 0) is 0 Å². The van der Waals surface area contributed by atoms with Crippen molar-refractivity contribution in [2.24, 2.45) is 5.92 Å². The lowest BCUT2D eigenvalue weighted by molar-refractivity contribution is 0.301. The maximum Gasteiger partial charge on any atom is 0.0327 e. The standard InChI is InChI=1S/C14H23N.C2H6.2H2/c1-5-8-10-11-14(7-3)13-15(4)12-9-6-2;1-2;;/h2-3,14H,5,8-13H2,1,4H3;1-2H3;2*1H. The molecule has 0 rings (SSSR count). The smallest absolute Gasteiger partial charge is 0.0327 e. The van der Waals surface area contributed by atoms with E-state index < -0.39 is 0 Å². The molecule has 0 aromatic rings. The molecule has 0 heterocycles. The van der Waals surface area contributed by atoms with E-state index in [4.69, 9.17) is 12.8 Å². The third-order valence-corrected chi connectivity index (χ3v) is 2.56. The largest absolute Gasteiger partial charge is 0.304 e. The van der Waals surface area contributed by atoms with Gasteiger partial charge in [0.05, 0.1) is 0 Å². The molecule has 0 N–H and O–H groups in total. The molecule has 0 aliphatic carbocycles. The quantitative estimate of drug-likeness (QED) is 0.451. The molecule has 102 valence electrons. The Morgan fingerprint density at radius 1 is 1.24 bits per heavy atom. The minimum Gasteiger partial charge on any atom is -0.304 e. The summed E-state index contributed by atoms with van der Waals surface area (Å²) in [6, 6.07) is 0. The third-order valence-electron chi connectivity index (χ3n) is 2.56. The summed E-state index contributed by atoms with van der Waals surface area (Å²) in [7, 11) is 2.08. The van der Waals surface area contributed by atoms with Gasteiger partial charge in [-0.1, -0.05) is 40.0 Å². The van der Waals surface area contributed by atoms with Gasteiger partial charge in [-0.3, -0.25) is 0 Å². The Balaban J connectivity index is -0.000000267. The molecule has 0 saturated heterocycles. The number of nitrogens with zero attached hydrogens (tertiary/aromatic N) is 1. The molecule has 0 aromatic carbocycles. The predicted molar refractivity (Wildman–Crippen MR) is 83.0 cm³/mol. The molecule has 0 aliphatic heterocycles. The van der Waals surface area contributed by atoms with Gasteiger partial charge in [0.15, 0.2) is 0 Å². The van der Waals surface area contributed by atoms with Gasteiger partial charge in [-0.25, -0.2) is 0 Å². The first-order chi connectivity index (χ1) is 8.24. The monoisotopic (exact) mass is 239 g/mol. The third kappa shape index (κ3) is 13.0. The normalized spacial score (nSPS) is 11.0. The highest BCUT2D eigenvalue weighted by Crippen LogP contribution is 2.10. The van der Waals surface area contributed by atoms with Crippen LogP contribution in [0.15, 0.2) is 0 Å². The van der Waals surface area contributed by atoms with Crippen LogP contribution in [0.3, 0.4) is 0 Å². The van der Waals surface area contributed by atoms with Gasteiger partial charge >= 0.3 is 0 Å². The van der Waals surface area contributed by atoms with Crippen molar-refractivity contribution in [3.63, 3.8) is 0 Å². The summed E-state index contributed by atoms with van der Waals surface area (Å²) in [5.74, 6) is 5.91. The van der Waals surface area contributed by atoms with E-state index in [1.54, 1.807) is 0 Å². The molecule has 0 saturated carbocycles. The van der Waals surface area contributed by atoms with Crippen molar-refractivity contribution < 1.29 is 2.85 Å². The first-order valence-corrected chi connectivity index (χ1v) is 6.82. The molecule has 0 bridgehead atoms. The van der Waals surface area contributed by atoms with Gasteiger partial charge in [0.25, 0.3) is 0 Å². The average molecular weight is 239 g/mol. The molecule has 1 heteroatoms. The van der Waals surface area contributed by atoms with Crippen molar-refractivity contribution in [2.45, 2.75) is 52.9 Å². The molecule has 0 amide bonds. The van der Waals surface area contributed by atoms with Gasteiger partial charge in [0, 0.05) is 28.3 Å². The molecule has 1 nitrogen and oxygen atoms in total. The summed E-state index contributed by atoms with van der Waals surface area (Å²) in [4.78, 5) is 2.23.